The van der Waals surface area contributed by atoms with E-state index in [4.69, 9.17) is 23.8 Å². The molecule has 1 amide bonds. The van der Waals surface area contributed by atoms with E-state index in [0.29, 0.717) is 37.8 Å². The highest BCUT2D eigenvalue weighted by molar-refractivity contribution is 8.26. The first-order valence-corrected chi connectivity index (χ1v) is 11.7. The third kappa shape index (κ3) is 4.44. The standard InChI is InChI=1S/C23H21ClN4O2S2/c1-3-10-25-20-16(21(29)27-12-14(2)8-9-19(27)26-20)11-18-22(30)28(23(31)32-18)13-15-6-4-5-7-17(15)24/h4-9,11-12,25H,3,10,13H2,1-2H3. The van der Waals surface area contributed by atoms with Gasteiger partial charge in [0.25, 0.3) is 11.5 Å². The number of aryl methyl sites for hydroxylation is 1. The molecule has 1 fully saturated rings. The van der Waals surface area contributed by atoms with Crippen LogP contribution in [0.2, 0.25) is 5.02 Å². The molecule has 4 rings (SSSR count). The van der Waals surface area contributed by atoms with Crippen LogP contribution >= 0.6 is 35.6 Å². The lowest BCUT2D eigenvalue weighted by atomic mass is 10.2. The highest BCUT2D eigenvalue weighted by Gasteiger charge is 2.33. The quantitative estimate of drug-likeness (QED) is 0.397. The van der Waals surface area contributed by atoms with Crippen molar-refractivity contribution in [3.8, 4) is 0 Å². The van der Waals surface area contributed by atoms with E-state index >= 15 is 0 Å². The molecule has 2 aromatic heterocycles. The van der Waals surface area contributed by atoms with Gasteiger partial charge in [-0.3, -0.25) is 18.9 Å². The van der Waals surface area contributed by atoms with Crippen LogP contribution in [0.4, 0.5) is 5.82 Å². The molecule has 164 valence electrons. The Hall–Kier alpha value is -2.68. The SMILES string of the molecule is CCCNc1nc2ccc(C)cn2c(=O)c1C=C1SC(=S)N(Cc2ccccc2Cl)C1=O. The van der Waals surface area contributed by atoms with E-state index in [0.717, 1.165) is 17.5 Å². The molecule has 32 heavy (non-hydrogen) atoms. The van der Waals surface area contributed by atoms with E-state index in [9.17, 15) is 9.59 Å². The number of halogens is 1. The summed E-state index contributed by atoms with van der Waals surface area (Å²) in [6.45, 7) is 4.87. The summed E-state index contributed by atoms with van der Waals surface area (Å²) < 4.78 is 1.93. The number of thioether (sulfide) groups is 1. The second-order valence-electron chi connectivity index (χ2n) is 7.40. The normalized spacial score (nSPS) is 15.2. The minimum Gasteiger partial charge on any atom is -0.369 e. The molecule has 0 radical (unpaired) electrons. The fourth-order valence-corrected chi connectivity index (χ4v) is 4.76. The van der Waals surface area contributed by atoms with Crippen LogP contribution in [0.5, 0.6) is 0 Å². The van der Waals surface area contributed by atoms with Crippen LogP contribution < -0.4 is 10.9 Å². The molecule has 1 aliphatic heterocycles. The number of nitrogens with one attached hydrogen (secondary N) is 1. The van der Waals surface area contributed by atoms with Gasteiger partial charge >= 0.3 is 0 Å². The highest BCUT2D eigenvalue weighted by Crippen LogP contribution is 2.34. The van der Waals surface area contributed by atoms with Gasteiger partial charge < -0.3 is 5.32 Å². The molecule has 0 spiro atoms. The number of thiocarbonyl (C=S) groups is 1. The predicted octanol–water partition coefficient (Wildman–Crippen LogP) is 4.88. The van der Waals surface area contributed by atoms with Crippen LogP contribution in [0.3, 0.4) is 0 Å². The summed E-state index contributed by atoms with van der Waals surface area (Å²) in [5, 5.41) is 3.79. The zero-order valence-electron chi connectivity index (χ0n) is 17.6. The smallest absolute Gasteiger partial charge is 0.267 e. The zero-order valence-corrected chi connectivity index (χ0v) is 20.0. The van der Waals surface area contributed by atoms with Gasteiger partial charge in [0.2, 0.25) is 0 Å². The van der Waals surface area contributed by atoms with Crippen molar-refractivity contribution in [2.45, 2.75) is 26.8 Å². The average molecular weight is 485 g/mol. The third-order valence-corrected chi connectivity index (χ3v) is 6.73. The molecule has 0 saturated carbocycles. The van der Waals surface area contributed by atoms with Gasteiger partial charge in [-0.05, 0) is 42.7 Å². The number of anilines is 1. The molecule has 0 atom stereocenters. The van der Waals surface area contributed by atoms with Crippen LogP contribution in [-0.2, 0) is 11.3 Å². The molecule has 1 N–H and O–H groups in total. The number of amides is 1. The van der Waals surface area contributed by atoms with Crippen molar-refractivity contribution in [3.63, 3.8) is 0 Å². The van der Waals surface area contributed by atoms with Crippen LogP contribution in [0.25, 0.3) is 11.7 Å². The fourth-order valence-electron chi connectivity index (χ4n) is 3.33. The number of rotatable bonds is 6. The van der Waals surface area contributed by atoms with Gasteiger partial charge in [-0.1, -0.05) is 66.8 Å². The predicted molar refractivity (Wildman–Crippen MR) is 135 cm³/mol. The van der Waals surface area contributed by atoms with E-state index in [1.807, 2.05) is 38.1 Å². The summed E-state index contributed by atoms with van der Waals surface area (Å²) in [4.78, 5) is 33.0. The molecule has 3 aromatic rings. The molecule has 6 nitrogen and oxygen atoms in total. The number of carbonyl (C=O) groups excluding carboxylic acids is 1. The van der Waals surface area contributed by atoms with Gasteiger partial charge in [0, 0.05) is 17.8 Å². The maximum absolute atomic E-state index is 13.3. The molecular formula is C23H21ClN4O2S2. The Labute approximate surface area is 200 Å². The van der Waals surface area contributed by atoms with Crippen LogP contribution in [0.1, 0.15) is 30.0 Å². The molecule has 3 heterocycles. The van der Waals surface area contributed by atoms with Crippen LogP contribution in [0.15, 0.2) is 52.3 Å². The Morgan fingerprint density at radius 3 is 2.75 bits per heavy atom. The second kappa shape index (κ2) is 9.44. The highest BCUT2D eigenvalue weighted by atomic mass is 35.5. The van der Waals surface area contributed by atoms with E-state index < -0.39 is 0 Å². The number of fused-ring (bicyclic) bond motifs is 1. The molecule has 0 aliphatic carbocycles. The van der Waals surface area contributed by atoms with Gasteiger partial charge in [0.1, 0.15) is 15.8 Å². The van der Waals surface area contributed by atoms with E-state index in [1.54, 1.807) is 24.4 Å². The summed E-state index contributed by atoms with van der Waals surface area (Å²) in [6, 6.07) is 11.1. The molecule has 9 heteroatoms. The minimum absolute atomic E-state index is 0.242. The Morgan fingerprint density at radius 1 is 1.22 bits per heavy atom. The first-order valence-electron chi connectivity index (χ1n) is 10.1. The molecular weight excluding hydrogens is 464 g/mol. The zero-order chi connectivity index (χ0) is 22.8. The third-order valence-electron chi connectivity index (χ3n) is 4.98. The van der Waals surface area contributed by atoms with Crippen molar-refractivity contribution in [3.05, 3.63) is 79.6 Å². The summed E-state index contributed by atoms with van der Waals surface area (Å²) >= 11 is 12.9. The van der Waals surface area contributed by atoms with Crippen molar-refractivity contribution < 1.29 is 4.79 Å². The van der Waals surface area contributed by atoms with Gasteiger partial charge in [-0.15, -0.1) is 0 Å². The van der Waals surface area contributed by atoms with Crippen molar-refractivity contribution in [1.82, 2.24) is 14.3 Å². The molecule has 0 unspecified atom stereocenters. The summed E-state index contributed by atoms with van der Waals surface area (Å²) in [5.74, 6) is 0.201. The van der Waals surface area contributed by atoms with Gasteiger partial charge in [0.15, 0.2) is 0 Å². The molecule has 1 aliphatic rings. The van der Waals surface area contributed by atoms with E-state index in [2.05, 4.69) is 10.3 Å². The van der Waals surface area contributed by atoms with Crippen molar-refractivity contribution in [2.24, 2.45) is 0 Å². The number of carbonyl (C=O) groups is 1. The lowest BCUT2D eigenvalue weighted by Gasteiger charge is -2.15. The van der Waals surface area contributed by atoms with E-state index in [-0.39, 0.29) is 18.0 Å². The Balaban J connectivity index is 1.75. The topological polar surface area (TPSA) is 66.7 Å². The van der Waals surface area contributed by atoms with Crippen molar-refractivity contribution >= 4 is 63.3 Å². The first kappa shape index (κ1) is 22.5. The summed E-state index contributed by atoms with van der Waals surface area (Å²) in [5.41, 5.74) is 2.38. The summed E-state index contributed by atoms with van der Waals surface area (Å²) in [7, 11) is 0. The molecule has 1 saturated heterocycles. The number of aromatic nitrogens is 2. The Kier molecular flexibility index (Phi) is 6.64. The second-order valence-corrected chi connectivity index (χ2v) is 9.48. The molecule has 0 bridgehead atoms. The minimum atomic E-state index is -0.255. The maximum atomic E-state index is 13.3. The number of benzene rings is 1. The van der Waals surface area contributed by atoms with Crippen LogP contribution in [0, 0.1) is 6.92 Å². The van der Waals surface area contributed by atoms with Gasteiger partial charge in [-0.25, -0.2) is 4.98 Å². The van der Waals surface area contributed by atoms with E-state index in [1.165, 1.54) is 21.1 Å². The fraction of sp³-hybridized carbons (Fsp3) is 0.217. The summed E-state index contributed by atoms with van der Waals surface area (Å²) in [6.07, 6.45) is 4.20. The Morgan fingerprint density at radius 2 is 2.00 bits per heavy atom. The van der Waals surface area contributed by atoms with Crippen LogP contribution in [-0.4, -0.2) is 31.1 Å². The van der Waals surface area contributed by atoms with Crippen molar-refractivity contribution in [1.29, 1.82) is 0 Å². The monoisotopic (exact) mass is 484 g/mol. The number of hydrogen-bond acceptors (Lipinski definition) is 6. The number of nitrogens with zero attached hydrogens (tertiary/aromatic N) is 3. The Bertz CT molecular complexity index is 1320. The number of pyridine rings is 1. The molecule has 1 aromatic carbocycles. The van der Waals surface area contributed by atoms with Gasteiger partial charge in [-0.2, -0.15) is 0 Å². The van der Waals surface area contributed by atoms with Crippen molar-refractivity contribution in [2.75, 3.05) is 11.9 Å². The average Bonchev–Trinajstić information content (AvgIpc) is 3.03. The first-order chi connectivity index (χ1) is 15.4. The largest absolute Gasteiger partial charge is 0.369 e. The maximum Gasteiger partial charge on any atom is 0.267 e. The van der Waals surface area contributed by atoms with Gasteiger partial charge in [0.05, 0.1) is 17.0 Å². The lowest BCUT2D eigenvalue weighted by molar-refractivity contribution is -0.122. The lowest BCUT2D eigenvalue weighted by Crippen LogP contribution is -2.27. The number of hydrogen-bond donors (Lipinski definition) is 1.